The second-order valence-electron chi connectivity index (χ2n) is 3.53. The summed E-state index contributed by atoms with van der Waals surface area (Å²) >= 11 is 0. The monoisotopic (exact) mass is 252 g/mol. The van der Waals surface area contributed by atoms with Crippen LogP contribution in [-0.4, -0.2) is 15.0 Å². The number of oxazole rings is 1. The molecule has 18 heavy (non-hydrogen) atoms. The van der Waals surface area contributed by atoms with E-state index in [1.54, 1.807) is 0 Å². The molecule has 0 saturated heterocycles. The molecule has 0 aliphatic carbocycles. The Morgan fingerprint density at radius 3 is 2.83 bits per heavy atom. The van der Waals surface area contributed by atoms with Crippen LogP contribution in [0, 0.1) is 11.3 Å². The van der Waals surface area contributed by atoms with Gasteiger partial charge in [0.2, 0.25) is 5.65 Å². The SMILES string of the molecule is N#Cc1c[nH]c2c1cnc1nc(C(F)(F)F)oc12. The Morgan fingerprint density at radius 1 is 1.39 bits per heavy atom. The van der Waals surface area contributed by atoms with Crippen LogP contribution in [0.4, 0.5) is 13.2 Å². The number of hydrogen-bond acceptors (Lipinski definition) is 4. The molecule has 0 unspecified atom stereocenters. The standard InChI is InChI=1S/C10H3F3N4O/c11-10(12,13)9-17-8-7(18-9)6-5(3-16-8)4(1-14)2-15-6/h2-3,15H. The lowest BCUT2D eigenvalue weighted by Gasteiger charge is -1.97. The highest BCUT2D eigenvalue weighted by atomic mass is 19.4. The Balaban J connectivity index is 2.38. The second kappa shape index (κ2) is 3.22. The normalized spacial score (nSPS) is 12.1. The first kappa shape index (κ1) is 10.6. The van der Waals surface area contributed by atoms with Crippen molar-refractivity contribution in [2.24, 2.45) is 0 Å². The molecular weight excluding hydrogens is 249 g/mol. The molecule has 0 bridgehead atoms. The van der Waals surface area contributed by atoms with Crippen LogP contribution in [0.1, 0.15) is 11.5 Å². The van der Waals surface area contributed by atoms with Crippen molar-refractivity contribution in [1.82, 2.24) is 15.0 Å². The lowest BCUT2D eigenvalue weighted by atomic mass is 10.2. The van der Waals surface area contributed by atoms with Gasteiger partial charge in [-0.15, -0.1) is 0 Å². The van der Waals surface area contributed by atoms with Crippen LogP contribution in [0.2, 0.25) is 0 Å². The molecule has 0 atom stereocenters. The maximum absolute atomic E-state index is 12.5. The second-order valence-corrected chi connectivity index (χ2v) is 3.53. The van der Waals surface area contributed by atoms with Crippen molar-refractivity contribution in [3.63, 3.8) is 0 Å². The number of hydrogen-bond donors (Lipinski definition) is 1. The largest absolute Gasteiger partial charge is 0.469 e. The summed E-state index contributed by atoms with van der Waals surface area (Å²) in [4.78, 5) is 9.70. The first-order chi connectivity index (χ1) is 8.50. The van der Waals surface area contributed by atoms with Crippen LogP contribution < -0.4 is 0 Å². The van der Waals surface area contributed by atoms with Crippen molar-refractivity contribution in [3.8, 4) is 6.07 Å². The molecule has 0 fully saturated rings. The third-order valence-electron chi connectivity index (χ3n) is 2.44. The molecule has 0 aliphatic rings. The van der Waals surface area contributed by atoms with E-state index in [9.17, 15) is 13.2 Å². The van der Waals surface area contributed by atoms with E-state index in [4.69, 9.17) is 5.26 Å². The van der Waals surface area contributed by atoms with Crippen molar-refractivity contribution >= 4 is 22.1 Å². The average molecular weight is 252 g/mol. The van der Waals surface area contributed by atoms with Gasteiger partial charge < -0.3 is 9.40 Å². The molecule has 3 aromatic heterocycles. The molecule has 5 nitrogen and oxygen atoms in total. The highest BCUT2D eigenvalue weighted by Crippen LogP contribution is 2.33. The zero-order valence-corrected chi connectivity index (χ0v) is 8.54. The molecule has 0 aromatic carbocycles. The summed E-state index contributed by atoms with van der Waals surface area (Å²) in [6.07, 6.45) is -2.01. The minimum Gasteiger partial charge on any atom is -0.429 e. The maximum Gasteiger partial charge on any atom is 0.469 e. The fourth-order valence-electron chi connectivity index (χ4n) is 1.66. The Morgan fingerprint density at radius 2 is 2.17 bits per heavy atom. The van der Waals surface area contributed by atoms with Crippen molar-refractivity contribution in [2.45, 2.75) is 6.18 Å². The fraction of sp³-hybridized carbons (Fsp3) is 0.100. The summed E-state index contributed by atoms with van der Waals surface area (Å²) in [5.41, 5.74) is 0.298. The molecule has 3 aromatic rings. The summed E-state index contributed by atoms with van der Waals surface area (Å²) in [7, 11) is 0. The minimum atomic E-state index is -4.67. The van der Waals surface area contributed by atoms with Gasteiger partial charge in [-0.1, -0.05) is 0 Å². The van der Waals surface area contributed by atoms with Gasteiger partial charge in [0.25, 0.3) is 0 Å². The molecule has 1 N–H and O–H groups in total. The van der Waals surface area contributed by atoms with Gasteiger partial charge in [-0.2, -0.15) is 23.4 Å². The van der Waals surface area contributed by atoms with Gasteiger partial charge in [-0.25, -0.2) is 4.98 Å². The number of aromatic amines is 1. The summed E-state index contributed by atoms with van der Waals surface area (Å²) in [5, 5.41) is 9.21. The van der Waals surface area contributed by atoms with Gasteiger partial charge in [0.05, 0.1) is 11.1 Å². The number of nitrogens with one attached hydrogen (secondary N) is 1. The predicted molar refractivity (Wildman–Crippen MR) is 53.4 cm³/mol. The summed E-state index contributed by atoms with van der Waals surface area (Å²) < 4.78 is 42.0. The smallest absolute Gasteiger partial charge is 0.429 e. The molecule has 0 radical (unpaired) electrons. The van der Waals surface area contributed by atoms with E-state index in [2.05, 4.69) is 19.4 Å². The van der Waals surface area contributed by atoms with E-state index < -0.39 is 12.1 Å². The zero-order chi connectivity index (χ0) is 12.9. The Hall–Kier alpha value is -2.56. The summed E-state index contributed by atoms with van der Waals surface area (Å²) in [6, 6.07) is 1.90. The number of aromatic nitrogens is 3. The summed E-state index contributed by atoms with van der Waals surface area (Å²) in [5.74, 6) is -1.36. The van der Waals surface area contributed by atoms with Gasteiger partial charge >= 0.3 is 12.1 Å². The van der Waals surface area contributed by atoms with Crippen molar-refractivity contribution in [1.29, 1.82) is 5.26 Å². The molecular formula is C10H3F3N4O. The highest BCUT2D eigenvalue weighted by molar-refractivity contribution is 6.00. The van der Waals surface area contributed by atoms with Gasteiger partial charge in [-0.3, -0.25) is 0 Å². The maximum atomic E-state index is 12.5. The van der Waals surface area contributed by atoms with Crippen LogP contribution in [-0.2, 0) is 6.18 Å². The summed E-state index contributed by atoms with van der Waals surface area (Å²) in [6.45, 7) is 0. The number of nitrogens with zero attached hydrogens (tertiary/aromatic N) is 3. The van der Waals surface area contributed by atoms with Gasteiger partial charge in [0.1, 0.15) is 6.07 Å². The molecule has 3 rings (SSSR count). The van der Waals surface area contributed by atoms with Crippen LogP contribution >= 0.6 is 0 Å². The number of halogens is 3. The number of pyridine rings is 1. The molecule has 8 heteroatoms. The Labute approximate surface area is 96.9 Å². The molecule has 90 valence electrons. The van der Waals surface area contributed by atoms with E-state index in [0.29, 0.717) is 5.39 Å². The van der Waals surface area contributed by atoms with E-state index in [1.807, 2.05) is 6.07 Å². The van der Waals surface area contributed by atoms with Crippen LogP contribution in [0.25, 0.3) is 22.1 Å². The lowest BCUT2D eigenvalue weighted by Crippen LogP contribution is -2.04. The van der Waals surface area contributed by atoms with E-state index >= 15 is 0 Å². The highest BCUT2D eigenvalue weighted by Gasteiger charge is 2.38. The van der Waals surface area contributed by atoms with E-state index in [1.165, 1.54) is 12.4 Å². The number of rotatable bonds is 0. The lowest BCUT2D eigenvalue weighted by molar-refractivity contribution is -0.156. The van der Waals surface area contributed by atoms with E-state index in [0.717, 1.165) is 0 Å². The van der Waals surface area contributed by atoms with Crippen LogP contribution in [0.15, 0.2) is 16.8 Å². The fourth-order valence-corrected chi connectivity index (χ4v) is 1.66. The predicted octanol–water partition coefficient (Wildman–Crippen LogP) is 2.59. The first-order valence-corrected chi connectivity index (χ1v) is 4.74. The van der Waals surface area contributed by atoms with Crippen molar-refractivity contribution in [3.05, 3.63) is 23.8 Å². The van der Waals surface area contributed by atoms with Crippen molar-refractivity contribution < 1.29 is 17.6 Å². The number of alkyl halides is 3. The quantitative estimate of drug-likeness (QED) is 0.666. The number of fused-ring (bicyclic) bond motifs is 3. The third-order valence-corrected chi connectivity index (χ3v) is 2.44. The Bertz CT molecular complexity index is 793. The van der Waals surface area contributed by atoms with Gasteiger partial charge in [0.15, 0.2) is 5.58 Å². The molecule has 0 saturated carbocycles. The topological polar surface area (TPSA) is 78.5 Å². The number of nitriles is 1. The van der Waals surface area contributed by atoms with Crippen LogP contribution in [0.5, 0.6) is 0 Å². The number of H-pyrrole nitrogens is 1. The van der Waals surface area contributed by atoms with Crippen molar-refractivity contribution in [2.75, 3.05) is 0 Å². The Kier molecular flexibility index (Phi) is 1.90. The molecule has 0 spiro atoms. The zero-order valence-electron chi connectivity index (χ0n) is 8.54. The first-order valence-electron chi connectivity index (χ1n) is 4.74. The average Bonchev–Trinajstić information content (AvgIpc) is 2.90. The molecule has 0 aliphatic heterocycles. The molecule has 0 amide bonds. The minimum absolute atomic E-state index is 0.110. The molecule has 3 heterocycles. The van der Waals surface area contributed by atoms with E-state index in [-0.39, 0.29) is 22.3 Å². The van der Waals surface area contributed by atoms with Gasteiger partial charge in [-0.05, 0) is 0 Å². The van der Waals surface area contributed by atoms with Gasteiger partial charge in [0, 0.05) is 17.8 Å². The third kappa shape index (κ3) is 1.34. The van der Waals surface area contributed by atoms with Crippen LogP contribution in [0.3, 0.4) is 0 Å².